The molecule has 1 amide bonds. The SMILES string of the molecule is C=C(C(=O)NCc1ccc(-c2csnn2)cc1)S(C)=O.c1cc2cc-2c1. The Bertz CT molecular complexity index is 934. The highest BCUT2D eigenvalue weighted by molar-refractivity contribution is 7.89. The normalized spacial score (nSPS) is 11.7. The van der Waals surface area contributed by atoms with Crippen LogP contribution in [-0.4, -0.2) is 26.0 Å². The second-order valence-electron chi connectivity index (χ2n) is 5.63. The van der Waals surface area contributed by atoms with Crippen molar-refractivity contribution in [1.82, 2.24) is 14.9 Å². The number of nitrogens with zero attached hydrogens (tertiary/aromatic N) is 2. The van der Waals surface area contributed by atoms with Crippen LogP contribution in [0, 0.1) is 0 Å². The summed E-state index contributed by atoms with van der Waals surface area (Å²) in [6.07, 6.45) is 1.43. The Balaban J connectivity index is 0.000000269. The molecule has 0 saturated heterocycles. The number of amides is 1. The lowest BCUT2D eigenvalue weighted by Gasteiger charge is -2.06. The maximum atomic E-state index is 11.6. The molecule has 0 bridgehead atoms. The second-order valence-corrected chi connectivity index (χ2v) is 7.64. The highest BCUT2D eigenvalue weighted by atomic mass is 32.2. The van der Waals surface area contributed by atoms with E-state index < -0.39 is 16.7 Å². The zero-order chi connectivity index (χ0) is 18.5. The molecule has 1 unspecified atom stereocenters. The Kier molecular flexibility index (Phi) is 5.70. The zero-order valence-corrected chi connectivity index (χ0v) is 15.8. The van der Waals surface area contributed by atoms with Crippen molar-refractivity contribution in [3.63, 3.8) is 0 Å². The quantitative estimate of drug-likeness (QED) is 0.536. The number of fused-ring (bicyclic) bond motifs is 1. The van der Waals surface area contributed by atoms with Crippen LogP contribution in [-0.2, 0) is 22.1 Å². The predicted molar refractivity (Wildman–Crippen MR) is 106 cm³/mol. The second kappa shape index (κ2) is 8.16. The summed E-state index contributed by atoms with van der Waals surface area (Å²) in [5.74, 6) is -0.390. The number of carbonyl (C=O) groups is 1. The first kappa shape index (κ1) is 18.2. The van der Waals surface area contributed by atoms with Crippen LogP contribution >= 0.6 is 11.5 Å². The summed E-state index contributed by atoms with van der Waals surface area (Å²) in [5, 5.41) is 8.54. The van der Waals surface area contributed by atoms with Gasteiger partial charge in [0.15, 0.2) is 0 Å². The molecule has 26 heavy (non-hydrogen) atoms. The summed E-state index contributed by atoms with van der Waals surface area (Å²) in [6.45, 7) is 3.85. The van der Waals surface area contributed by atoms with Crippen LogP contribution in [0.1, 0.15) is 5.56 Å². The summed E-state index contributed by atoms with van der Waals surface area (Å²) in [6, 6.07) is 16.1. The van der Waals surface area contributed by atoms with Crippen molar-refractivity contribution in [1.29, 1.82) is 0 Å². The lowest BCUT2D eigenvalue weighted by molar-refractivity contribution is -0.116. The molecule has 0 saturated carbocycles. The topological polar surface area (TPSA) is 72.0 Å². The van der Waals surface area contributed by atoms with Crippen molar-refractivity contribution in [2.24, 2.45) is 0 Å². The van der Waals surface area contributed by atoms with Gasteiger partial charge >= 0.3 is 0 Å². The molecule has 4 rings (SSSR count). The molecule has 5 nitrogen and oxygen atoms in total. The van der Waals surface area contributed by atoms with Crippen LogP contribution in [0.2, 0.25) is 0 Å². The number of hydrogen-bond acceptors (Lipinski definition) is 5. The van der Waals surface area contributed by atoms with E-state index in [0.717, 1.165) is 16.8 Å². The van der Waals surface area contributed by atoms with Crippen molar-refractivity contribution in [2.45, 2.75) is 6.54 Å². The molecule has 1 aromatic carbocycles. The lowest BCUT2D eigenvalue weighted by atomic mass is 10.1. The molecular weight excluding hydrogens is 366 g/mol. The molecule has 0 radical (unpaired) electrons. The summed E-state index contributed by atoms with van der Waals surface area (Å²) in [7, 11) is -1.34. The largest absolute Gasteiger partial charge is 0.347 e. The van der Waals surface area contributed by atoms with Gasteiger partial charge in [0.2, 0.25) is 0 Å². The van der Waals surface area contributed by atoms with Crippen LogP contribution in [0.3, 0.4) is 0 Å². The number of hydrogen-bond donors (Lipinski definition) is 1. The molecular formula is C19H17N3O2S2. The van der Waals surface area contributed by atoms with Gasteiger partial charge in [0.05, 0.1) is 15.7 Å². The molecule has 2 aromatic rings. The maximum absolute atomic E-state index is 11.6. The third kappa shape index (κ3) is 4.71. The molecule has 7 heteroatoms. The minimum absolute atomic E-state index is 0.0789. The van der Waals surface area contributed by atoms with Gasteiger partial charge in [-0.15, -0.1) is 5.10 Å². The van der Waals surface area contributed by atoms with Gasteiger partial charge in [0.1, 0.15) is 5.69 Å². The third-order valence-corrected chi connectivity index (χ3v) is 5.16. The predicted octanol–water partition coefficient (Wildman–Crippen LogP) is 3.38. The highest BCUT2D eigenvalue weighted by Gasteiger charge is 2.10. The van der Waals surface area contributed by atoms with E-state index in [4.69, 9.17) is 0 Å². The van der Waals surface area contributed by atoms with E-state index in [-0.39, 0.29) is 4.91 Å². The van der Waals surface area contributed by atoms with Crippen LogP contribution in [0.5, 0.6) is 0 Å². The smallest absolute Gasteiger partial charge is 0.259 e. The van der Waals surface area contributed by atoms with Gasteiger partial charge in [-0.25, -0.2) is 0 Å². The molecule has 2 aliphatic carbocycles. The number of rotatable bonds is 5. The number of nitrogens with one attached hydrogen (secondary N) is 1. The molecule has 132 valence electrons. The molecule has 0 fully saturated rings. The molecule has 1 heterocycles. The van der Waals surface area contributed by atoms with E-state index in [9.17, 15) is 9.00 Å². The van der Waals surface area contributed by atoms with Crippen molar-refractivity contribution in [2.75, 3.05) is 6.26 Å². The van der Waals surface area contributed by atoms with Crippen LogP contribution in [0.4, 0.5) is 0 Å². The van der Waals surface area contributed by atoms with Crippen molar-refractivity contribution in [3.05, 3.63) is 71.0 Å². The van der Waals surface area contributed by atoms with Crippen LogP contribution in [0.25, 0.3) is 22.4 Å². The number of aromatic nitrogens is 2. The van der Waals surface area contributed by atoms with Gasteiger partial charge < -0.3 is 5.32 Å². The lowest BCUT2D eigenvalue weighted by Crippen LogP contribution is -2.25. The zero-order valence-electron chi connectivity index (χ0n) is 14.1. The average Bonchev–Trinajstić information content (AvgIpc) is 3.07. The van der Waals surface area contributed by atoms with E-state index in [1.807, 2.05) is 29.6 Å². The van der Waals surface area contributed by atoms with Crippen LogP contribution in [0.15, 0.2) is 65.4 Å². The van der Waals surface area contributed by atoms with Gasteiger partial charge in [-0.1, -0.05) is 53.5 Å². The molecule has 2 aliphatic rings. The van der Waals surface area contributed by atoms with Gasteiger partial charge in [-0.05, 0) is 34.3 Å². The highest BCUT2D eigenvalue weighted by Crippen LogP contribution is 2.32. The van der Waals surface area contributed by atoms with Crippen molar-refractivity contribution >= 4 is 28.2 Å². The van der Waals surface area contributed by atoms with Crippen molar-refractivity contribution < 1.29 is 9.00 Å². The minimum atomic E-state index is -1.34. The summed E-state index contributed by atoms with van der Waals surface area (Å²) < 4.78 is 14.9. The monoisotopic (exact) mass is 383 g/mol. The first-order valence-electron chi connectivity index (χ1n) is 7.82. The molecule has 0 spiro atoms. The molecule has 1 aromatic heterocycles. The van der Waals surface area contributed by atoms with E-state index in [1.165, 1.54) is 28.9 Å². The van der Waals surface area contributed by atoms with Gasteiger partial charge in [0, 0.05) is 23.7 Å². The fourth-order valence-electron chi connectivity index (χ4n) is 2.17. The molecule has 1 N–H and O–H groups in total. The maximum Gasteiger partial charge on any atom is 0.259 e. The number of carbonyl (C=O) groups excluding carboxylic acids is 1. The standard InChI is InChI=1S/C13H13N3O2S2.C6H4/c1-9(20(2)18)13(17)14-7-10-3-5-11(6-4-10)12-8-19-16-15-12;1-2-5-4-6(5)3-1/h3-6,8H,1,7H2,2H3,(H,14,17);1-4H. The van der Waals surface area contributed by atoms with E-state index in [0.29, 0.717) is 6.54 Å². The van der Waals surface area contributed by atoms with Crippen LogP contribution < -0.4 is 5.32 Å². The Hall–Kier alpha value is -2.64. The Labute approximate surface area is 158 Å². The molecule has 1 atom stereocenters. The first-order valence-corrected chi connectivity index (χ1v) is 10.2. The van der Waals surface area contributed by atoms with E-state index >= 15 is 0 Å². The Morgan fingerprint density at radius 3 is 2.31 bits per heavy atom. The van der Waals surface area contributed by atoms with E-state index in [1.54, 1.807) is 0 Å². The minimum Gasteiger partial charge on any atom is -0.347 e. The fraction of sp³-hybridized carbons (Fsp3) is 0.105. The first-order chi connectivity index (χ1) is 12.5. The molecule has 0 aliphatic heterocycles. The van der Waals surface area contributed by atoms with Crippen molar-refractivity contribution in [3.8, 4) is 22.4 Å². The number of benzene rings is 2. The Morgan fingerprint density at radius 1 is 1.15 bits per heavy atom. The van der Waals surface area contributed by atoms with Gasteiger partial charge in [-0.3, -0.25) is 9.00 Å². The van der Waals surface area contributed by atoms with E-state index in [2.05, 4.69) is 45.7 Å². The summed E-state index contributed by atoms with van der Waals surface area (Å²) in [5.41, 5.74) is 5.61. The van der Waals surface area contributed by atoms with Gasteiger partial charge in [-0.2, -0.15) is 0 Å². The Morgan fingerprint density at radius 2 is 1.85 bits per heavy atom. The summed E-state index contributed by atoms with van der Waals surface area (Å²) in [4.78, 5) is 11.7. The summed E-state index contributed by atoms with van der Waals surface area (Å²) >= 11 is 1.30. The third-order valence-electron chi connectivity index (χ3n) is 3.78. The van der Waals surface area contributed by atoms with Gasteiger partial charge in [0.25, 0.3) is 5.91 Å². The fourth-order valence-corrected chi connectivity index (χ4v) is 2.97. The average molecular weight is 383 g/mol.